The summed E-state index contributed by atoms with van der Waals surface area (Å²) in [6.45, 7) is 9.59. The molecule has 0 aromatic heterocycles. The summed E-state index contributed by atoms with van der Waals surface area (Å²) >= 11 is 5.94. The van der Waals surface area contributed by atoms with Crippen LogP contribution in [0.2, 0.25) is 5.02 Å². The fraction of sp³-hybridized carbons (Fsp3) is 0.350. The summed E-state index contributed by atoms with van der Waals surface area (Å²) in [5.41, 5.74) is 3.54. The van der Waals surface area contributed by atoms with Crippen molar-refractivity contribution in [1.82, 2.24) is 5.32 Å². The molecule has 4 heteroatoms. The molecule has 0 saturated heterocycles. The molecule has 1 aromatic rings. The summed E-state index contributed by atoms with van der Waals surface area (Å²) in [6, 6.07) is 5.11. The maximum absolute atomic E-state index is 10.2. The van der Waals surface area contributed by atoms with Gasteiger partial charge in [0.1, 0.15) is 5.75 Å². The molecule has 0 aliphatic carbocycles. The van der Waals surface area contributed by atoms with E-state index in [1.165, 1.54) is 0 Å². The molecule has 0 unspecified atom stereocenters. The fourth-order valence-corrected chi connectivity index (χ4v) is 2.35. The number of hydrogen-bond acceptors (Lipinski definition) is 3. The number of phenolic OH excluding ortho intramolecular Hbond substituents is 1. The fourth-order valence-electron chi connectivity index (χ4n) is 2.18. The van der Waals surface area contributed by atoms with Gasteiger partial charge in [0.05, 0.1) is 12.3 Å². The molecule has 0 spiro atoms. The third-order valence-corrected chi connectivity index (χ3v) is 3.64. The van der Waals surface area contributed by atoms with E-state index in [9.17, 15) is 5.11 Å². The number of nitrogens with one attached hydrogen (secondary N) is 1. The van der Waals surface area contributed by atoms with Gasteiger partial charge >= 0.3 is 0 Å². The smallest absolute Gasteiger partial charge is 0.126 e. The number of aromatic hydroxyl groups is 1. The minimum absolute atomic E-state index is 0.140. The number of benzene rings is 1. The van der Waals surface area contributed by atoms with E-state index in [-0.39, 0.29) is 5.75 Å². The van der Waals surface area contributed by atoms with Crippen LogP contribution < -0.4 is 5.32 Å². The minimum Gasteiger partial charge on any atom is -0.507 e. The third-order valence-electron chi connectivity index (χ3n) is 3.41. The van der Waals surface area contributed by atoms with Crippen molar-refractivity contribution in [3.05, 3.63) is 64.4 Å². The Morgan fingerprint density at radius 2 is 2.04 bits per heavy atom. The topological polar surface area (TPSA) is 44.6 Å². The lowest BCUT2D eigenvalue weighted by atomic mass is 10.0. The monoisotopic (exact) mass is 346 g/mol. The zero-order valence-corrected chi connectivity index (χ0v) is 15.7. The summed E-state index contributed by atoms with van der Waals surface area (Å²) in [6.07, 6.45) is 9.12. The first-order chi connectivity index (χ1) is 11.5. The predicted molar refractivity (Wildman–Crippen MR) is 105 cm³/mol. The molecule has 2 N–H and O–H groups in total. The van der Waals surface area contributed by atoms with Crippen LogP contribution in [-0.2, 0) is 0 Å². The molecule has 0 radical (unpaired) electrons. The van der Waals surface area contributed by atoms with Crippen molar-refractivity contribution in [1.29, 1.82) is 0 Å². The summed E-state index contributed by atoms with van der Waals surface area (Å²) in [7, 11) is 0. The molecule has 0 aliphatic heterocycles. The van der Waals surface area contributed by atoms with Crippen LogP contribution in [0.5, 0.6) is 5.75 Å². The second-order valence-electron chi connectivity index (χ2n) is 5.45. The Morgan fingerprint density at radius 3 is 2.67 bits per heavy atom. The Labute approximate surface area is 150 Å². The molecule has 0 amide bonds. The highest BCUT2D eigenvalue weighted by Gasteiger charge is 2.11. The average Bonchev–Trinajstić information content (AvgIpc) is 2.53. The number of allylic oxidation sites excluding steroid dienone is 5. The largest absolute Gasteiger partial charge is 0.507 e. The van der Waals surface area contributed by atoms with E-state index in [0.717, 1.165) is 29.9 Å². The van der Waals surface area contributed by atoms with Crippen molar-refractivity contribution < 1.29 is 5.11 Å². The van der Waals surface area contributed by atoms with Crippen LogP contribution in [0.1, 0.15) is 39.7 Å². The zero-order chi connectivity index (χ0) is 17.9. The highest BCUT2D eigenvalue weighted by molar-refractivity contribution is 6.31. The van der Waals surface area contributed by atoms with Crippen molar-refractivity contribution in [2.24, 2.45) is 4.99 Å². The molecule has 0 aliphatic rings. The molecule has 0 fully saturated rings. The van der Waals surface area contributed by atoms with Gasteiger partial charge in [0.25, 0.3) is 0 Å². The number of hydrogen-bond donors (Lipinski definition) is 2. The predicted octanol–water partition coefficient (Wildman–Crippen LogP) is 5.26. The number of aliphatic imine (C=N–C) groups is 1. The van der Waals surface area contributed by atoms with Gasteiger partial charge < -0.3 is 10.4 Å². The summed E-state index contributed by atoms with van der Waals surface area (Å²) in [5, 5.41) is 14.0. The Morgan fingerprint density at radius 1 is 1.29 bits per heavy atom. The molecule has 130 valence electrons. The normalized spacial score (nSPS) is 13.6. The molecule has 0 saturated carbocycles. The maximum atomic E-state index is 10.2. The molecular formula is C20H27ClN2O. The average molecular weight is 347 g/mol. The van der Waals surface area contributed by atoms with Crippen LogP contribution >= 0.6 is 11.6 Å². The van der Waals surface area contributed by atoms with Gasteiger partial charge in [0.2, 0.25) is 0 Å². The van der Waals surface area contributed by atoms with E-state index in [0.29, 0.717) is 17.1 Å². The van der Waals surface area contributed by atoms with E-state index in [2.05, 4.69) is 30.2 Å². The molecule has 1 rings (SSSR count). The number of nitrogens with zero attached hydrogens (tertiary/aromatic N) is 1. The lowest BCUT2D eigenvalue weighted by molar-refractivity contribution is 0.474. The van der Waals surface area contributed by atoms with E-state index < -0.39 is 0 Å². The van der Waals surface area contributed by atoms with Crippen LogP contribution in [0.3, 0.4) is 0 Å². The van der Waals surface area contributed by atoms with Gasteiger partial charge in [-0.05, 0) is 57.0 Å². The maximum Gasteiger partial charge on any atom is 0.126 e. The Bertz CT molecular complexity index is 658. The standard InChI is InChI=1S/C20H27ClN2O/c1-5-7-8-9-15(3)20(23-13-12-16(4)22-6-2)18-11-10-17(21)14-19(18)24/h7-12,14,22,24H,5-6,13H2,1-4H3/b8-7-,15-9+,16-12+,23-20?. The first kappa shape index (κ1) is 20.0. The Balaban J connectivity index is 3.18. The van der Waals surface area contributed by atoms with Crippen molar-refractivity contribution >= 4 is 17.3 Å². The highest BCUT2D eigenvalue weighted by atomic mass is 35.5. The number of halogens is 1. The van der Waals surface area contributed by atoms with Crippen LogP contribution in [-0.4, -0.2) is 23.9 Å². The van der Waals surface area contributed by atoms with Gasteiger partial charge in [-0.3, -0.25) is 4.99 Å². The molecule has 0 atom stereocenters. The van der Waals surface area contributed by atoms with Crippen LogP contribution in [0.25, 0.3) is 0 Å². The Kier molecular flexibility index (Phi) is 8.95. The van der Waals surface area contributed by atoms with E-state index >= 15 is 0 Å². The lowest BCUT2D eigenvalue weighted by Gasteiger charge is -2.10. The molecule has 1 aromatic carbocycles. The van der Waals surface area contributed by atoms with Crippen molar-refractivity contribution in [2.45, 2.75) is 34.1 Å². The van der Waals surface area contributed by atoms with Crippen LogP contribution in [0, 0.1) is 0 Å². The van der Waals surface area contributed by atoms with Gasteiger partial charge in [0, 0.05) is 22.8 Å². The van der Waals surface area contributed by atoms with Crippen LogP contribution in [0.4, 0.5) is 0 Å². The first-order valence-electron chi connectivity index (χ1n) is 8.27. The highest BCUT2D eigenvalue weighted by Crippen LogP contribution is 2.25. The molecule has 24 heavy (non-hydrogen) atoms. The van der Waals surface area contributed by atoms with Crippen LogP contribution in [0.15, 0.2) is 58.8 Å². The van der Waals surface area contributed by atoms with Gasteiger partial charge in [-0.15, -0.1) is 0 Å². The van der Waals surface area contributed by atoms with E-state index in [1.807, 2.05) is 32.1 Å². The van der Waals surface area contributed by atoms with Gasteiger partial charge in [0.15, 0.2) is 0 Å². The second-order valence-corrected chi connectivity index (χ2v) is 5.89. The van der Waals surface area contributed by atoms with E-state index in [1.54, 1.807) is 18.2 Å². The van der Waals surface area contributed by atoms with E-state index in [4.69, 9.17) is 11.6 Å². The van der Waals surface area contributed by atoms with Gasteiger partial charge in [-0.1, -0.05) is 36.8 Å². The molecule has 0 heterocycles. The minimum atomic E-state index is 0.140. The quantitative estimate of drug-likeness (QED) is 0.498. The summed E-state index contributed by atoms with van der Waals surface area (Å²) in [4.78, 5) is 4.68. The third kappa shape index (κ3) is 6.63. The molecule has 0 bridgehead atoms. The first-order valence-corrected chi connectivity index (χ1v) is 8.65. The second kappa shape index (κ2) is 10.7. The van der Waals surface area contributed by atoms with Crippen molar-refractivity contribution in [3.8, 4) is 5.75 Å². The van der Waals surface area contributed by atoms with Crippen molar-refractivity contribution in [2.75, 3.05) is 13.1 Å². The summed E-state index contributed by atoms with van der Waals surface area (Å²) < 4.78 is 0. The van der Waals surface area contributed by atoms with Crippen molar-refractivity contribution in [3.63, 3.8) is 0 Å². The van der Waals surface area contributed by atoms with Gasteiger partial charge in [-0.2, -0.15) is 0 Å². The van der Waals surface area contributed by atoms with Gasteiger partial charge in [-0.25, -0.2) is 0 Å². The zero-order valence-electron chi connectivity index (χ0n) is 14.9. The Hall–Kier alpha value is -2.00. The molecule has 3 nitrogen and oxygen atoms in total. The number of rotatable bonds is 8. The number of phenols is 1. The summed E-state index contributed by atoms with van der Waals surface area (Å²) in [5.74, 6) is 0.140. The lowest BCUT2D eigenvalue weighted by Crippen LogP contribution is -2.10. The SMILES string of the molecule is CC/C=C\C=C(/C)C(=NC/C=C(\C)NCC)c1ccc(Cl)cc1O. The molecular weight excluding hydrogens is 320 g/mol.